The third-order valence-electron chi connectivity index (χ3n) is 0.380. The van der Waals surface area contributed by atoms with Crippen LogP contribution in [0, 0.1) is 0 Å². The molecule has 0 aliphatic carbocycles. The van der Waals surface area contributed by atoms with Crippen LogP contribution in [0.1, 0.15) is 0 Å². The van der Waals surface area contributed by atoms with Crippen molar-refractivity contribution in [2.75, 3.05) is 0 Å². The highest BCUT2D eigenvalue weighted by atomic mass is 32.7. The predicted molar refractivity (Wildman–Crippen MR) is 37.0 cm³/mol. The van der Waals surface area contributed by atoms with Gasteiger partial charge in [-0.3, -0.25) is 10.4 Å². The van der Waals surface area contributed by atoms with Crippen LogP contribution in [0.5, 0.6) is 0 Å². The molecule has 0 bridgehead atoms. The van der Waals surface area contributed by atoms with E-state index in [9.17, 15) is 9.13 Å². The van der Waals surface area contributed by atoms with Crippen LogP contribution in [-0.2, 0) is 13.4 Å². The van der Waals surface area contributed by atoms with E-state index in [0.29, 0.717) is 0 Å². The molecule has 0 saturated heterocycles. The van der Waals surface area contributed by atoms with Crippen LogP contribution in [0.4, 0.5) is 0 Å². The fourth-order valence-electron chi connectivity index (χ4n) is 0.168. The molecule has 0 amide bonds. The first-order valence-corrected chi connectivity index (χ1v) is 6.15. The summed E-state index contributed by atoms with van der Waals surface area (Å²) in [5, 5.41) is 1.50. The van der Waals surface area contributed by atoms with Gasteiger partial charge in [0.1, 0.15) is 0 Å². The molecule has 0 fully saturated rings. The lowest BCUT2D eigenvalue weighted by Crippen LogP contribution is -2.16. The van der Waals surface area contributed by atoms with Crippen LogP contribution in [0.3, 0.4) is 0 Å². The van der Waals surface area contributed by atoms with Gasteiger partial charge in [-0.2, -0.15) is 5.20 Å². The summed E-state index contributed by atoms with van der Waals surface area (Å²) in [5.74, 6) is 4.56. The first-order valence-electron chi connectivity index (χ1n) is 1.84. The zero-order chi connectivity index (χ0) is 8.41. The predicted octanol–water partition coefficient (Wildman–Crippen LogP) is -0.403. The van der Waals surface area contributed by atoms with Gasteiger partial charge in [0, 0.05) is 0 Å². The molecule has 7 nitrogen and oxygen atoms in total. The maximum atomic E-state index is 10.5. The molecule has 10 heteroatoms. The average molecular weight is 208 g/mol. The molecule has 5 N–H and O–H groups in total. The van der Waals surface area contributed by atoms with E-state index in [1.165, 1.54) is 5.20 Å². The Hall–Kier alpha value is 0.610. The molecular formula is H6N2O5P2S. The molecule has 0 aliphatic heterocycles. The minimum Gasteiger partial charge on any atom is -0.302 e. The number of hydrazine groups is 1. The van der Waals surface area contributed by atoms with E-state index in [1.54, 1.807) is 0 Å². The molecule has 1 atom stereocenters. The zero-order valence-electron chi connectivity index (χ0n) is 4.54. The summed E-state index contributed by atoms with van der Waals surface area (Å²) < 4.78 is 24.1. The van der Waals surface area contributed by atoms with Crippen molar-refractivity contribution in [1.29, 1.82) is 0 Å². The van der Waals surface area contributed by atoms with Crippen molar-refractivity contribution in [1.82, 2.24) is 5.20 Å². The van der Waals surface area contributed by atoms with Crippen molar-refractivity contribution in [3.8, 4) is 0 Å². The van der Waals surface area contributed by atoms with Crippen LogP contribution in [0.25, 0.3) is 0 Å². The van der Waals surface area contributed by atoms with Crippen molar-refractivity contribution in [2.45, 2.75) is 0 Å². The standard InChI is InChI=1S/H6N2O5P2S/c1-2-8(3,10)7-9(4,5)6/h1H2,(H2,2,3,10)(H2,4,5,6). The van der Waals surface area contributed by atoms with Crippen molar-refractivity contribution >= 4 is 26.8 Å². The lowest BCUT2D eigenvalue weighted by molar-refractivity contribution is 0.285. The van der Waals surface area contributed by atoms with E-state index in [2.05, 4.69) is 22.4 Å². The van der Waals surface area contributed by atoms with Gasteiger partial charge >= 0.3 is 14.5 Å². The van der Waals surface area contributed by atoms with Crippen LogP contribution in [0.15, 0.2) is 0 Å². The minimum absolute atomic E-state index is 1.50. The largest absolute Gasteiger partial charge is 0.476 e. The number of nitrogens with one attached hydrogen (secondary N) is 1. The third-order valence-corrected chi connectivity index (χ3v) is 3.45. The Bertz CT molecular complexity index is 196. The van der Waals surface area contributed by atoms with Crippen molar-refractivity contribution in [3.63, 3.8) is 0 Å². The van der Waals surface area contributed by atoms with Gasteiger partial charge in [0.2, 0.25) is 0 Å². The quantitative estimate of drug-likeness (QED) is 0.185. The van der Waals surface area contributed by atoms with Gasteiger partial charge in [-0.15, -0.1) is 0 Å². The third kappa shape index (κ3) is 5.40. The Labute approximate surface area is 61.8 Å². The Morgan fingerprint density at radius 2 is 1.90 bits per heavy atom. The number of hydrogen-bond acceptors (Lipinski definition) is 4. The maximum absolute atomic E-state index is 10.5. The van der Waals surface area contributed by atoms with E-state index in [0.717, 1.165) is 0 Å². The second kappa shape index (κ2) is 3.34. The van der Waals surface area contributed by atoms with Gasteiger partial charge in [0.05, 0.1) is 0 Å². The zero-order valence-corrected chi connectivity index (χ0v) is 7.22. The van der Waals surface area contributed by atoms with Gasteiger partial charge in [0.25, 0.3) is 0 Å². The molecular weight excluding hydrogens is 202 g/mol. The monoisotopic (exact) mass is 208 g/mol. The molecule has 62 valence electrons. The highest BCUT2D eigenvalue weighted by Crippen LogP contribution is 2.59. The van der Waals surface area contributed by atoms with Crippen LogP contribution >= 0.6 is 26.8 Å². The first kappa shape index (κ1) is 10.6. The Morgan fingerprint density at radius 3 is 2.00 bits per heavy atom. The Morgan fingerprint density at radius 1 is 1.50 bits per heavy atom. The van der Waals surface area contributed by atoms with Gasteiger partial charge in [-0.05, 0) is 0 Å². The second-order valence-corrected chi connectivity index (χ2v) is 5.73. The molecule has 0 saturated carbocycles. The Balaban J connectivity index is 4.17. The van der Waals surface area contributed by atoms with Crippen molar-refractivity contribution in [3.05, 3.63) is 0 Å². The smallest absolute Gasteiger partial charge is 0.302 e. The van der Waals surface area contributed by atoms with Gasteiger partial charge in [0.15, 0.2) is 0 Å². The molecule has 0 aromatic carbocycles. The molecule has 0 rings (SSSR count). The van der Waals surface area contributed by atoms with Crippen LogP contribution in [-0.4, -0.2) is 9.79 Å². The normalized spacial score (nSPS) is 18.4. The molecule has 0 aromatic rings. The topological polar surface area (TPSA) is 122 Å². The molecule has 0 aliphatic rings. The van der Waals surface area contributed by atoms with E-state index < -0.39 is 14.5 Å². The number of rotatable bonds is 3. The van der Waals surface area contributed by atoms with E-state index in [1.807, 2.05) is 0 Å². The van der Waals surface area contributed by atoms with Crippen molar-refractivity contribution < 1.29 is 23.2 Å². The SMILES string of the molecule is NNP(=O)(S)OP(=O)(O)O. The second-order valence-electron chi connectivity index (χ2n) is 1.22. The molecule has 1 unspecified atom stereocenters. The highest BCUT2D eigenvalue weighted by molar-refractivity contribution is 8.46. The van der Waals surface area contributed by atoms with Gasteiger partial charge in [-0.25, -0.2) is 8.88 Å². The summed E-state index contributed by atoms with van der Waals surface area (Å²) in [5.41, 5.74) is 0. The molecule has 0 heterocycles. The lowest BCUT2D eigenvalue weighted by atomic mass is 13.0. The molecule has 0 aromatic heterocycles. The van der Waals surface area contributed by atoms with Crippen LogP contribution < -0.4 is 11.0 Å². The van der Waals surface area contributed by atoms with Gasteiger partial charge < -0.3 is 9.79 Å². The fourth-order valence-corrected chi connectivity index (χ4v) is 2.37. The summed E-state index contributed by atoms with van der Waals surface area (Å²) in [6, 6.07) is 0. The Kier molecular flexibility index (Phi) is 3.54. The minimum atomic E-state index is -4.79. The number of nitrogens with two attached hydrogens (primary N) is 1. The first-order chi connectivity index (χ1) is 4.27. The van der Waals surface area contributed by atoms with Crippen LogP contribution in [0.2, 0.25) is 0 Å². The highest BCUT2D eigenvalue weighted by Gasteiger charge is 2.27. The maximum Gasteiger partial charge on any atom is 0.476 e. The summed E-state index contributed by atoms with van der Waals surface area (Å²) in [7, 11) is -4.79. The number of phosphoric acid groups is 1. The lowest BCUT2D eigenvalue weighted by Gasteiger charge is -2.10. The molecule has 0 spiro atoms. The number of thiol groups is 1. The summed E-state index contributed by atoms with van der Waals surface area (Å²) in [6.07, 6.45) is 0. The van der Waals surface area contributed by atoms with Crippen molar-refractivity contribution in [2.24, 2.45) is 5.84 Å². The molecule has 10 heavy (non-hydrogen) atoms. The fraction of sp³-hybridized carbons (Fsp3) is 0. The summed E-state index contributed by atoms with van der Waals surface area (Å²) in [6.45, 7) is -3.84. The van der Waals surface area contributed by atoms with Gasteiger partial charge in [-0.1, -0.05) is 12.2 Å². The van der Waals surface area contributed by atoms with E-state index >= 15 is 0 Å². The number of hydrogen-bond donors (Lipinski definition) is 5. The summed E-state index contributed by atoms with van der Waals surface area (Å²) in [4.78, 5) is 16.1. The molecule has 0 radical (unpaired) electrons. The summed E-state index contributed by atoms with van der Waals surface area (Å²) >= 11 is 3.19. The van der Waals surface area contributed by atoms with E-state index in [-0.39, 0.29) is 0 Å². The average Bonchev–Trinajstić information content (AvgIpc) is 1.60. The van der Waals surface area contributed by atoms with E-state index in [4.69, 9.17) is 9.79 Å².